The summed E-state index contributed by atoms with van der Waals surface area (Å²) in [4.78, 5) is 0. The molecular formula is C20H19F5. The molecule has 0 fully saturated rings. The lowest BCUT2D eigenvalue weighted by molar-refractivity contribution is -0.0790. The van der Waals surface area contributed by atoms with Gasteiger partial charge in [-0.3, -0.25) is 0 Å². The van der Waals surface area contributed by atoms with Crippen LogP contribution in [0.25, 0.3) is 6.08 Å². The van der Waals surface area contributed by atoms with E-state index in [1.807, 2.05) is 19.1 Å². The summed E-state index contributed by atoms with van der Waals surface area (Å²) in [5.74, 6) is -1.96. The number of benzene rings is 2. The van der Waals surface area contributed by atoms with Gasteiger partial charge in [0.05, 0.1) is 0 Å². The van der Waals surface area contributed by atoms with E-state index in [0.29, 0.717) is 18.1 Å². The molecule has 134 valence electrons. The Morgan fingerprint density at radius 3 is 1.88 bits per heavy atom. The fourth-order valence-corrected chi connectivity index (χ4v) is 2.53. The van der Waals surface area contributed by atoms with E-state index in [9.17, 15) is 22.0 Å². The summed E-state index contributed by atoms with van der Waals surface area (Å²) < 4.78 is 64.0. The molecule has 0 aliphatic carbocycles. The predicted molar refractivity (Wildman–Crippen MR) is 89.3 cm³/mol. The van der Waals surface area contributed by atoms with Crippen molar-refractivity contribution >= 4 is 6.08 Å². The van der Waals surface area contributed by atoms with Crippen molar-refractivity contribution in [2.45, 2.75) is 38.8 Å². The van der Waals surface area contributed by atoms with Crippen LogP contribution in [-0.4, -0.2) is 6.18 Å². The van der Waals surface area contributed by atoms with Gasteiger partial charge in [-0.15, -0.1) is 0 Å². The first-order valence-electron chi connectivity index (χ1n) is 8.04. The number of rotatable bonds is 6. The third kappa shape index (κ3) is 6.33. The number of hydrogen-bond acceptors (Lipinski definition) is 0. The van der Waals surface area contributed by atoms with E-state index in [0.717, 1.165) is 31.4 Å². The summed E-state index contributed by atoms with van der Waals surface area (Å²) in [5.41, 5.74) is 2.17. The van der Waals surface area contributed by atoms with Crippen LogP contribution < -0.4 is 0 Å². The second-order valence-corrected chi connectivity index (χ2v) is 6.04. The van der Waals surface area contributed by atoms with Crippen molar-refractivity contribution in [1.29, 1.82) is 0 Å². The van der Waals surface area contributed by atoms with Crippen molar-refractivity contribution in [3.05, 3.63) is 76.4 Å². The lowest BCUT2D eigenvalue weighted by Crippen LogP contribution is -2.01. The van der Waals surface area contributed by atoms with Crippen LogP contribution in [0.15, 0.2) is 42.5 Å². The Bertz CT molecular complexity index is 704. The van der Waals surface area contributed by atoms with Crippen LogP contribution in [0.4, 0.5) is 22.0 Å². The number of unbranched alkanes of at least 4 members (excludes halogenated alkanes) is 1. The topological polar surface area (TPSA) is 0 Å². The van der Waals surface area contributed by atoms with E-state index in [1.54, 1.807) is 0 Å². The fraction of sp³-hybridized carbons (Fsp3) is 0.300. The first kappa shape index (κ1) is 19.2. The highest BCUT2D eigenvalue weighted by molar-refractivity contribution is 5.52. The van der Waals surface area contributed by atoms with E-state index in [1.165, 1.54) is 11.1 Å². The maximum atomic E-state index is 13.8. The monoisotopic (exact) mass is 354 g/mol. The Morgan fingerprint density at radius 1 is 0.840 bits per heavy atom. The molecular weight excluding hydrogens is 335 g/mol. The molecule has 2 aromatic rings. The Labute approximate surface area is 144 Å². The quantitative estimate of drug-likeness (QED) is 0.415. The average Bonchev–Trinajstić information content (AvgIpc) is 2.51. The van der Waals surface area contributed by atoms with Gasteiger partial charge in [-0.2, -0.15) is 13.2 Å². The Kier molecular flexibility index (Phi) is 6.34. The summed E-state index contributed by atoms with van der Waals surface area (Å²) in [6.07, 6.45) is -1.40. The third-order valence-electron chi connectivity index (χ3n) is 3.88. The predicted octanol–water partition coefficient (Wildman–Crippen LogP) is 6.41. The Balaban J connectivity index is 1.92. The highest BCUT2D eigenvalue weighted by Crippen LogP contribution is 2.23. The molecule has 0 radical (unpaired) electrons. The molecule has 5 heteroatoms. The van der Waals surface area contributed by atoms with E-state index < -0.39 is 23.4 Å². The van der Waals surface area contributed by atoms with Crippen molar-refractivity contribution in [3.8, 4) is 0 Å². The van der Waals surface area contributed by atoms with Gasteiger partial charge in [0.25, 0.3) is 0 Å². The highest BCUT2D eigenvalue weighted by atomic mass is 19.4. The number of allylic oxidation sites excluding steroid dienone is 1. The van der Waals surface area contributed by atoms with Gasteiger partial charge in [-0.05, 0) is 61.9 Å². The van der Waals surface area contributed by atoms with Crippen molar-refractivity contribution in [2.24, 2.45) is 0 Å². The molecule has 0 atom stereocenters. The van der Waals surface area contributed by atoms with Crippen LogP contribution in [0.2, 0.25) is 0 Å². The summed E-state index contributed by atoms with van der Waals surface area (Å²) in [6, 6.07) is 10.4. The molecule has 0 aliphatic rings. The molecule has 0 saturated carbocycles. The van der Waals surface area contributed by atoms with E-state index in [-0.39, 0.29) is 6.08 Å². The molecule has 0 spiro atoms. The first-order chi connectivity index (χ1) is 11.7. The molecule has 0 bridgehead atoms. The lowest BCUT2D eigenvalue weighted by Gasteiger charge is -2.07. The van der Waals surface area contributed by atoms with Crippen molar-refractivity contribution in [1.82, 2.24) is 0 Å². The van der Waals surface area contributed by atoms with Gasteiger partial charge in [0.1, 0.15) is 11.6 Å². The zero-order valence-corrected chi connectivity index (χ0v) is 13.8. The van der Waals surface area contributed by atoms with Crippen LogP contribution in [0.5, 0.6) is 0 Å². The van der Waals surface area contributed by atoms with Gasteiger partial charge in [-0.25, -0.2) is 8.78 Å². The molecule has 0 amide bonds. The molecule has 0 unspecified atom stereocenters. The van der Waals surface area contributed by atoms with Crippen LogP contribution >= 0.6 is 0 Å². The second kappa shape index (κ2) is 8.28. The largest absolute Gasteiger partial charge is 0.409 e. The van der Waals surface area contributed by atoms with Crippen molar-refractivity contribution < 1.29 is 22.0 Å². The number of hydrogen-bond donors (Lipinski definition) is 0. The minimum Gasteiger partial charge on any atom is -0.206 e. The molecule has 25 heavy (non-hydrogen) atoms. The maximum absolute atomic E-state index is 13.8. The van der Waals surface area contributed by atoms with Gasteiger partial charge >= 0.3 is 6.18 Å². The van der Waals surface area contributed by atoms with Crippen LogP contribution in [0.1, 0.15) is 35.1 Å². The normalized spacial score (nSPS) is 12.1. The summed E-state index contributed by atoms with van der Waals surface area (Å²) >= 11 is 0. The number of alkyl halides is 3. The minimum atomic E-state index is -4.60. The smallest absolute Gasteiger partial charge is 0.206 e. The molecule has 0 nitrogen and oxygen atoms in total. The van der Waals surface area contributed by atoms with Crippen molar-refractivity contribution in [2.75, 3.05) is 0 Å². The van der Waals surface area contributed by atoms with Crippen molar-refractivity contribution in [3.63, 3.8) is 0 Å². The van der Waals surface area contributed by atoms with Gasteiger partial charge in [0.15, 0.2) is 0 Å². The summed E-state index contributed by atoms with van der Waals surface area (Å²) in [5, 5.41) is 0. The Morgan fingerprint density at radius 2 is 1.36 bits per heavy atom. The molecule has 0 saturated heterocycles. The van der Waals surface area contributed by atoms with Crippen LogP contribution in [-0.2, 0) is 12.8 Å². The van der Waals surface area contributed by atoms with E-state index in [2.05, 4.69) is 12.1 Å². The zero-order chi connectivity index (χ0) is 18.4. The van der Waals surface area contributed by atoms with Gasteiger partial charge in [-0.1, -0.05) is 29.8 Å². The van der Waals surface area contributed by atoms with E-state index >= 15 is 0 Å². The highest BCUT2D eigenvalue weighted by Gasteiger charge is 2.22. The first-order valence-corrected chi connectivity index (χ1v) is 8.04. The van der Waals surface area contributed by atoms with Crippen LogP contribution in [0, 0.1) is 18.6 Å². The summed E-state index contributed by atoms with van der Waals surface area (Å²) in [7, 11) is 0. The average molecular weight is 354 g/mol. The minimum absolute atomic E-state index is 0.171. The standard InChI is InChI=1S/C20H19F5/c1-14-6-8-15(9-7-14)4-2-3-5-16-12-18(21)17(19(22)13-16)10-11-20(23,24)25/h6-13H,2-5H2,1H3. The SMILES string of the molecule is Cc1ccc(CCCCc2cc(F)c(C=CC(F)(F)F)c(F)c2)cc1. The molecule has 2 aromatic carbocycles. The van der Waals surface area contributed by atoms with Crippen LogP contribution in [0.3, 0.4) is 0 Å². The fourth-order valence-electron chi connectivity index (χ4n) is 2.53. The number of halogens is 5. The number of aryl methyl sites for hydroxylation is 3. The molecule has 0 aliphatic heterocycles. The van der Waals surface area contributed by atoms with Gasteiger partial charge in [0.2, 0.25) is 0 Å². The zero-order valence-electron chi connectivity index (χ0n) is 13.8. The Hall–Kier alpha value is -2.17. The maximum Gasteiger partial charge on any atom is 0.409 e. The molecule has 0 heterocycles. The molecule has 0 N–H and O–H groups in total. The van der Waals surface area contributed by atoms with Gasteiger partial charge < -0.3 is 0 Å². The lowest BCUT2D eigenvalue weighted by atomic mass is 10.0. The molecule has 2 rings (SSSR count). The third-order valence-corrected chi connectivity index (χ3v) is 3.88. The second-order valence-electron chi connectivity index (χ2n) is 6.04. The van der Waals surface area contributed by atoms with Gasteiger partial charge in [0, 0.05) is 11.6 Å². The van der Waals surface area contributed by atoms with E-state index in [4.69, 9.17) is 0 Å². The summed E-state index contributed by atoms with van der Waals surface area (Å²) in [6.45, 7) is 2.01. The molecule has 0 aromatic heterocycles.